The standard InChI is InChI=1S/C16H13F3O2/c1-8-6-9(2)13(12(7-8)21-3)16(20)10-4-5-11(17)15(19)14(10)18/h4-7H,1-3H3. The molecule has 5 heteroatoms. The Morgan fingerprint density at radius 1 is 1.05 bits per heavy atom. The Balaban J connectivity index is 2.63. The summed E-state index contributed by atoms with van der Waals surface area (Å²) in [4.78, 5) is 12.4. The van der Waals surface area contributed by atoms with Crippen molar-refractivity contribution in [2.45, 2.75) is 13.8 Å². The molecule has 21 heavy (non-hydrogen) atoms. The van der Waals surface area contributed by atoms with Crippen molar-refractivity contribution in [1.82, 2.24) is 0 Å². The summed E-state index contributed by atoms with van der Waals surface area (Å²) in [7, 11) is 1.38. The van der Waals surface area contributed by atoms with Gasteiger partial charge in [0.05, 0.1) is 18.2 Å². The zero-order chi connectivity index (χ0) is 15.7. The highest BCUT2D eigenvalue weighted by molar-refractivity contribution is 6.11. The Morgan fingerprint density at radius 3 is 2.33 bits per heavy atom. The summed E-state index contributed by atoms with van der Waals surface area (Å²) in [6.45, 7) is 3.49. The van der Waals surface area contributed by atoms with Crippen LogP contribution in [0.1, 0.15) is 27.0 Å². The Morgan fingerprint density at radius 2 is 1.71 bits per heavy atom. The van der Waals surface area contributed by atoms with Gasteiger partial charge < -0.3 is 4.74 Å². The van der Waals surface area contributed by atoms with Crippen molar-refractivity contribution in [3.05, 3.63) is 64.0 Å². The molecular formula is C16H13F3O2. The van der Waals surface area contributed by atoms with E-state index in [0.717, 1.165) is 17.7 Å². The lowest BCUT2D eigenvalue weighted by atomic mass is 9.96. The van der Waals surface area contributed by atoms with Crippen LogP contribution in [0.15, 0.2) is 24.3 Å². The second-order valence-electron chi connectivity index (χ2n) is 4.71. The van der Waals surface area contributed by atoms with Crippen LogP contribution in [0.3, 0.4) is 0 Å². The van der Waals surface area contributed by atoms with Gasteiger partial charge in [0.1, 0.15) is 5.75 Å². The smallest absolute Gasteiger partial charge is 0.200 e. The van der Waals surface area contributed by atoms with Gasteiger partial charge >= 0.3 is 0 Å². The zero-order valence-corrected chi connectivity index (χ0v) is 11.8. The van der Waals surface area contributed by atoms with Crippen molar-refractivity contribution in [3.8, 4) is 5.75 Å². The van der Waals surface area contributed by atoms with Gasteiger partial charge in [0.25, 0.3) is 0 Å². The molecule has 2 aromatic carbocycles. The van der Waals surface area contributed by atoms with E-state index >= 15 is 0 Å². The van der Waals surface area contributed by atoms with Crippen LogP contribution in [0.5, 0.6) is 5.75 Å². The highest BCUT2D eigenvalue weighted by Gasteiger charge is 2.24. The van der Waals surface area contributed by atoms with E-state index in [4.69, 9.17) is 4.74 Å². The topological polar surface area (TPSA) is 26.3 Å². The number of carbonyl (C=O) groups is 1. The van der Waals surface area contributed by atoms with Crippen molar-refractivity contribution in [1.29, 1.82) is 0 Å². The Bertz CT molecular complexity index is 724. The largest absolute Gasteiger partial charge is 0.496 e. The van der Waals surface area contributed by atoms with Gasteiger partial charge in [-0.1, -0.05) is 6.07 Å². The molecule has 0 aromatic heterocycles. The molecule has 0 atom stereocenters. The molecule has 2 rings (SSSR count). The molecule has 2 aromatic rings. The summed E-state index contributed by atoms with van der Waals surface area (Å²) in [6.07, 6.45) is 0. The van der Waals surface area contributed by atoms with Gasteiger partial charge in [-0.15, -0.1) is 0 Å². The van der Waals surface area contributed by atoms with Crippen LogP contribution in [0.4, 0.5) is 13.2 Å². The zero-order valence-electron chi connectivity index (χ0n) is 11.8. The Labute approximate surface area is 120 Å². The second-order valence-corrected chi connectivity index (χ2v) is 4.71. The lowest BCUT2D eigenvalue weighted by Crippen LogP contribution is -2.10. The highest BCUT2D eigenvalue weighted by Crippen LogP contribution is 2.28. The lowest BCUT2D eigenvalue weighted by molar-refractivity contribution is 0.103. The second kappa shape index (κ2) is 5.60. The van der Waals surface area contributed by atoms with Crippen LogP contribution in [-0.4, -0.2) is 12.9 Å². The Hall–Kier alpha value is -2.30. The predicted molar refractivity (Wildman–Crippen MR) is 72.2 cm³/mol. The lowest BCUT2D eigenvalue weighted by Gasteiger charge is -2.12. The third-order valence-electron chi connectivity index (χ3n) is 3.17. The molecular weight excluding hydrogens is 281 g/mol. The maximum atomic E-state index is 13.8. The fraction of sp³-hybridized carbons (Fsp3) is 0.188. The fourth-order valence-corrected chi connectivity index (χ4v) is 2.22. The molecule has 0 amide bonds. The number of aryl methyl sites for hydroxylation is 2. The van der Waals surface area contributed by atoms with Crippen molar-refractivity contribution < 1.29 is 22.7 Å². The molecule has 0 aliphatic rings. The van der Waals surface area contributed by atoms with E-state index in [1.807, 2.05) is 6.92 Å². The van der Waals surface area contributed by atoms with Gasteiger partial charge in [-0.2, -0.15) is 0 Å². The third kappa shape index (κ3) is 2.63. The fourth-order valence-electron chi connectivity index (χ4n) is 2.22. The summed E-state index contributed by atoms with van der Waals surface area (Å²) in [5, 5.41) is 0. The average molecular weight is 294 g/mol. The maximum Gasteiger partial charge on any atom is 0.200 e. The quantitative estimate of drug-likeness (QED) is 0.632. The van der Waals surface area contributed by atoms with Gasteiger partial charge in [0, 0.05) is 0 Å². The number of hydrogen-bond donors (Lipinski definition) is 0. The van der Waals surface area contributed by atoms with Crippen molar-refractivity contribution in [3.63, 3.8) is 0 Å². The van der Waals surface area contributed by atoms with Crippen LogP contribution in [0.2, 0.25) is 0 Å². The molecule has 0 aliphatic heterocycles. The average Bonchev–Trinajstić information content (AvgIpc) is 2.43. The molecule has 0 saturated carbocycles. The van der Waals surface area contributed by atoms with Crippen LogP contribution >= 0.6 is 0 Å². The van der Waals surface area contributed by atoms with E-state index in [1.165, 1.54) is 7.11 Å². The molecule has 0 aliphatic carbocycles. The van der Waals surface area contributed by atoms with Crippen LogP contribution in [0.25, 0.3) is 0 Å². The van der Waals surface area contributed by atoms with E-state index < -0.39 is 28.8 Å². The molecule has 110 valence electrons. The number of carbonyl (C=O) groups excluding carboxylic acids is 1. The minimum atomic E-state index is -1.66. The van der Waals surface area contributed by atoms with Crippen LogP contribution in [-0.2, 0) is 0 Å². The monoisotopic (exact) mass is 294 g/mol. The number of rotatable bonds is 3. The van der Waals surface area contributed by atoms with Crippen molar-refractivity contribution >= 4 is 5.78 Å². The van der Waals surface area contributed by atoms with E-state index in [-0.39, 0.29) is 11.3 Å². The maximum absolute atomic E-state index is 13.8. The highest BCUT2D eigenvalue weighted by atomic mass is 19.2. The molecule has 0 N–H and O–H groups in total. The first-order valence-electron chi connectivity index (χ1n) is 6.20. The van der Waals surface area contributed by atoms with E-state index in [9.17, 15) is 18.0 Å². The van der Waals surface area contributed by atoms with Gasteiger partial charge in [-0.25, -0.2) is 13.2 Å². The SMILES string of the molecule is COc1cc(C)cc(C)c1C(=O)c1ccc(F)c(F)c1F. The minimum Gasteiger partial charge on any atom is -0.496 e. The van der Waals surface area contributed by atoms with Gasteiger partial charge in [0.2, 0.25) is 0 Å². The predicted octanol–water partition coefficient (Wildman–Crippen LogP) is 3.96. The minimum absolute atomic E-state index is 0.132. The molecule has 0 heterocycles. The third-order valence-corrected chi connectivity index (χ3v) is 3.17. The normalized spacial score (nSPS) is 10.6. The molecule has 0 radical (unpaired) electrons. The van der Waals surface area contributed by atoms with E-state index in [2.05, 4.69) is 0 Å². The number of halogens is 3. The Kier molecular flexibility index (Phi) is 4.02. The molecule has 0 saturated heterocycles. The summed E-state index contributed by atoms with van der Waals surface area (Å²) in [6, 6.07) is 5.00. The first-order chi connectivity index (χ1) is 9.86. The van der Waals surface area contributed by atoms with Crippen molar-refractivity contribution in [2.75, 3.05) is 7.11 Å². The molecule has 2 nitrogen and oxygen atoms in total. The summed E-state index contributed by atoms with van der Waals surface area (Å²) < 4.78 is 45.1. The van der Waals surface area contributed by atoms with Gasteiger partial charge in [0.15, 0.2) is 23.2 Å². The van der Waals surface area contributed by atoms with Crippen molar-refractivity contribution in [2.24, 2.45) is 0 Å². The first kappa shape index (κ1) is 15.1. The molecule has 0 bridgehead atoms. The number of methoxy groups -OCH3 is 1. The number of ketones is 1. The summed E-state index contributed by atoms with van der Waals surface area (Å²) in [5.74, 6) is -4.98. The molecule has 0 spiro atoms. The van der Waals surface area contributed by atoms with Gasteiger partial charge in [-0.3, -0.25) is 4.79 Å². The number of benzene rings is 2. The van der Waals surface area contributed by atoms with Crippen LogP contribution < -0.4 is 4.74 Å². The van der Waals surface area contributed by atoms with Crippen LogP contribution in [0, 0.1) is 31.3 Å². The number of ether oxygens (including phenoxy) is 1. The van der Waals surface area contributed by atoms with E-state index in [0.29, 0.717) is 5.56 Å². The van der Waals surface area contributed by atoms with Gasteiger partial charge in [-0.05, 0) is 43.2 Å². The summed E-state index contributed by atoms with van der Waals surface area (Å²) in [5.41, 5.74) is 1.04. The molecule has 0 unspecified atom stereocenters. The van der Waals surface area contributed by atoms with E-state index in [1.54, 1.807) is 19.1 Å². The number of hydrogen-bond acceptors (Lipinski definition) is 2. The first-order valence-corrected chi connectivity index (χ1v) is 6.20. The molecule has 0 fully saturated rings. The summed E-state index contributed by atoms with van der Waals surface area (Å²) >= 11 is 0.